The van der Waals surface area contributed by atoms with Crippen molar-refractivity contribution in [2.75, 3.05) is 0 Å². The summed E-state index contributed by atoms with van der Waals surface area (Å²) in [6.07, 6.45) is 12.4. The van der Waals surface area contributed by atoms with Crippen molar-refractivity contribution in [3.63, 3.8) is 0 Å². The Morgan fingerprint density at radius 3 is 1.82 bits per heavy atom. The van der Waals surface area contributed by atoms with E-state index in [1.165, 1.54) is 74.5 Å². The molecule has 1 radical (unpaired) electrons. The Kier molecular flexibility index (Phi) is 7.80. The number of hydrogen-bond acceptors (Lipinski definition) is 0. The Balaban J connectivity index is 1.65. The second kappa shape index (κ2) is 10.2. The minimum atomic E-state index is 1.22. The average molecular weight is 293 g/mol. The van der Waals surface area contributed by atoms with Crippen molar-refractivity contribution in [3.05, 3.63) is 60.2 Å². The van der Waals surface area contributed by atoms with Crippen LogP contribution in [-0.2, 0) is 6.42 Å². The maximum absolute atomic E-state index is 3.07. The minimum Gasteiger partial charge on any atom is -0.0654 e. The maximum Gasteiger partial charge on any atom is -0.0184 e. The van der Waals surface area contributed by atoms with Crippen LogP contribution < -0.4 is 0 Å². The van der Waals surface area contributed by atoms with Crippen molar-refractivity contribution >= 4 is 0 Å². The SMILES string of the molecule is CCCCCCCCCCc1ccc(-c2cc[c]cc2)cc1. The molecule has 0 nitrogen and oxygen atoms in total. The highest BCUT2D eigenvalue weighted by Crippen LogP contribution is 2.20. The van der Waals surface area contributed by atoms with Gasteiger partial charge in [-0.05, 0) is 35.6 Å². The Hall–Kier alpha value is -1.56. The Morgan fingerprint density at radius 2 is 1.18 bits per heavy atom. The molecule has 0 N–H and O–H groups in total. The quantitative estimate of drug-likeness (QED) is 0.421. The second-order valence-electron chi connectivity index (χ2n) is 6.21. The molecule has 0 fully saturated rings. The Bertz CT molecular complexity index is 495. The van der Waals surface area contributed by atoms with Gasteiger partial charge in [-0.3, -0.25) is 0 Å². The van der Waals surface area contributed by atoms with Crippen molar-refractivity contribution in [2.45, 2.75) is 64.7 Å². The first-order valence-electron chi connectivity index (χ1n) is 8.95. The molecule has 0 atom stereocenters. The molecule has 117 valence electrons. The molecule has 0 heterocycles. The molecule has 0 heteroatoms. The summed E-state index contributed by atoms with van der Waals surface area (Å²) in [4.78, 5) is 0. The van der Waals surface area contributed by atoms with Crippen molar-refractivity contribution < 1.29 is 0 Å². The molecule has 0 bridgehead atoms. The number of aryl methyl sites for hydroxylation is 1. The van der Waals surface area contributed by atoms with Gasteiger partial charge >= 0.3 is 0 Å². The topological polar surface area (TPSA) is 0 Å². The van der Waals surface area contributed by atoms with Gasteiger partial charge < -0.3 is 0 Å². The van der Waals surface area contributed by atoms with Crippen molar-refractivity contribution in [3.8, 4) is 11.1 Å². The van der Waals surface area contributed by atoms with Crippen LogP contribution in [-0.4, -0.2) is 0 Å². The summed E-state index contributed by atoms with van der Waals surface area (Å²) in [6, 6.07) is 20.3. The van der Waals surface area contributed by atoms with Gasteiger partial charge in [0.1, 0.15) is 0 Å². The zero-order chi connectivity index (χ0) is 15.5. The van der Waals surface area contributed by atoms with Crippen LogP contribution in [0.2, 0.25) is 0 Å². The van der Waals surface area contributed by atoms with Gasteiger partial charge in [-0.2, -0.15) is 0 Å². The number of rotatable bonds is 10. The van der Waals surface area contributed by atoms with Crippen LogP contribution in [0.4, 0.5) is 0 Å². The smallest absolute Gasteiger partial charge is 0.0184 e. The largest absolute Gasteiger partial charge is 0.0654 e. The Labute approximate surface area is 136 Å². The molecule has 0 aliphatic heterocycles. The van der Waals surface area contributed by atoms with Gasteiger partial charge in [-0.1, -0.05) is 100 Å². The summed E-state index contributed by atoms with van der Waals surface area (Å²) in [5.74, 6) is 0. The molecular weight excluding hydrogens is 264 g/mol. The van der Waals surface area contributed by atoms with E-state index < -0.39 is 0 Å². The van der Waals surface area contributed by atoms with Gasteiger partial charge in [0.15, 0.2) is 0 Å². The van der Waals surface area contributed by atoms with Crippen LogP contribution in [0.15, 0.2) is 48.5 Å². The molecule has 0 aromatic heterocycles. The molecule has 0 aliphatic carbocycles. The summed E-state index contributed by atoms with van der Waals surface area (Å²) in [5.41, 5.74) is 4.04. The molecule has 0 saturated heterocycles. The fourth-order valence-electron chi connectivity index (χ4n) is 2.91. The standard InChI is InChI=1S/C22H29/c1-2-3-4-5-6-7-8-10-13-20-16-18-22(19-17-20)21-14-11-9-12-15-21/h11-12,14-19H,2-8,10,13H2,1H3. The van der Waals surface area contributed by atoms with E-state index in [0.29, 0.717) is 0 Å². The maximum atomic E-state index is 3.07. The predicted octanol–water partition coefficient (Wildman–Crippen LogP) is 6.84. The summed E-state index contributed by atoms with van der Waals surface area (Å²) in [6.45, 7) is 2.28. The lowest BCUT2D eigenvalue weighted by atomic mass is 10.0. The third kappa shape index (κ3) is 6.05. The van der Waals surface area contributed by atoms with Crippen molar-refractivity contribution in [2.24, 2.45) is 0 Å². The average Bonchev–Trinajstić information content (AvgIpc) is 2.59. The van der Waals surface area contributed by atoms with E-state index in [1.807, 2.05) is 12.1 Å². The Morgan fingerprint density at radius 1 is 0.636 bits per heavy atom. The lowest BCUT2D eigenvalue weighted by Crippen LogP contribution is -1.87. The zero-order valence-electron chi connectivity index (χ0n) is 14.0. The van der Waals surface area contributed by atoms with Crippen molar-refractivity contribution in [1.29, 1.82) is 0 Å². The van der Waals surface area contributed by atoms with Gasteiger partial charge in [-0.25, -0.2) is 0 Å². The first-order chi connectivity index (χ1) is 10.9. The molecule has 0 saturated carbocycles. The van der Waals surface area contributed by atoms with Crippen LogP contribution in [0.5, 0.6) is 0 Å². The monoisotopic (exact) mass is 293 g/mol. The van der Waals surface area contributed by atoms with E-state index in [2.05, 4.69) is 49.4 Å². The molecule has 0 unspecified atom stereocenters. The third-order valence-electron chi connectivity index (χ3n) is 4.32. The lowest BCUT2D eigenvalue weighted by Gasteiger charge is -2.05. The molecule has 0 amide bonds. The van der Waals surface area contributed by atoms with Crippen molar-refractivity contribution in [1.82, 2.24) is 0 Å². The summed E-state index contributed by atoms with van der Waals surface area (Å²) >= 11 is 0. The van der Waals surface area contributed by atoms with E-state index in [1.54, 1.807) is 0 Å². The van der Waals surface area contributed by atoms with Gasteiger partial charge in [0.25, 0.3) is 0 Å². The number of benzene rings is 2. The molecule has 2 aromatic rings. The molecule has 22 heavy (non-hydrogen) atoms. The van der Waals surface area contributed by atoms with Gasteiger partial charge in [0, 0.05) is 0 Å². The predicted molar refractivity (Wildman–Crippen MR) is 97.0 cm³/mol. The number of unbranched alkanes of at least 4 members (excludes halogenated alkanes) is 7. The van der Waals surface area contributed by atoms with Crippen LogP contribution >= 0.6 is 0 Å². The molecular formula is C22H29. The first kappa shape index (κ1) is 16.8. The molecule has 2 rings (SSSR count). The summed E-state index contributed by atoms with van der Waals surface area (Å²) in [7, 11) is 0. The lowest BCUT2D eigenvalue weighted by molar-refractivity contribution is 0.575. The third-order valence-corrected chi connectivity index (χ3v) is 4.32. The van der Waals surface area contributed by atoms with E-state index in [-0.39, 0.29) is 0 Å². The molecule has 0 spiro atoms. The van der Waals surface area contributed by atoms with E-state index >= 15 is 0 Å². The van der Waals surface area contributed by atoms with Crippen LogP contribution in [0, 0.1) is 6.07 Å². The highest BCUT2D eigenvalue weighted by atomic mass is 14.0. The summed E-state index contributed by atoms with van der Waals surface area (Å²) < 4.78 is 0. The number of hydrogen-bond donors (Lipinski definition) is 0. The second-order valence-corrected chi connectivity index (χ2v) is 6.21. The first-order valence-corrected chi connectivity index (χ1v) is 8.95. The van der Waals surface area contributed by atoms with Crippen LogP contribution in [0.25, 0.3) is 11.1 Å². The van der Waals surface area contributed by atoms with E-state index in [0.717, 1.165) is 0 Å². The van der Waals surface area contributed by atoms with Gasteiger partial charge in [-0.15, -0.1) is 0 Å². The fraction of sp³-hybridized carbons (Fsp3) is 0.455. The van der Waals surface area contributed by atoms with E-state index in [4.69, 9.17) is 0 Å². The van der Waals surface area contributed by atoms with Crippen LogP contribution in [0.1, 0.15) is 63.9 Å². The van der Waals surface area contributed by atoms with Gasteiger partial charge in [0.05, 0.1) is 0 Å². The molecule has 2 aromatic carbocycles. The van der Waals surface area contributed by atoms with Crippen LogP contribution in [0.3, 0.4) is 0 Å². The minimum absolute atomic E-state index is 1.22. The molecule has 0 aliphatic rings. The highest BCUT2D eigenvalue weighted by molar-refractivity contribution is 5.63. The highest BCUT2D eigenvalue weighted by Gasteiger charge is 1.98. The normalized spacial score (nSPS) is 10.8. The zero-order valence-corrected chi connectivity index (χ0v) is 14.0. The summed E-state index contributed by atoms with van der Waals surface area (Å²) in [5, 5.41) is 0. The fourth-order valence-corrected chi connectivity index (χ4v) is 2.91. The van der Waals surface area contributed by atoms with E-state index in [9.17, 15) is 0 Å². The van der Waals surface area contributed by atoms with Gasteiger partial charge in [0.2, 0.25) is 0 Å².